The van der Waals surface area contributed by atoms with Crippen molar-refractivity contribution in [2.24, 2.45) is 0 Å². The van der Waals surface area contributed by atoms with Crippen LogP contribution >= 0.6 is 0 Å². The number of hydrogen-bond acceptors (Lipinski definition) is 2. The molecular formula is C18H19F3N3O2+. The van der Waals surface area contributed by atoms with E-state index in [1.807, 2.05) is 37.3 Å². The lowest BCUT2D eigenvalue weighted by atomic mass is 10.1. The van der Waals surface area contributed by atoms with E-state index in [0.29, 0.717) is 6.07 Å². The summed E-state index contributed by atoms with van der Waals surface area (Å²) in [5, 5.41) is 6.26. The molecule has 0 saturated heterocycles. The van der Waals surface area contributed by atoms with Crippen LogP contribution < -0.4 is 16.0 Å². The van der Waals surface area contributed by atoms with Crippen LogP contribution in [0.4, 0.5) is 18.9 Å². The molecule has 0 radical (unpaired) electrons. The lowest BCUT2D eigenvalue weighted by Gasteiger charge is -2.11. The highest BCUT2D eigenvalue weighted by Gasteiger charge is 2.16. The Balaban J connectivity index is 1.77. The minimum Gasteiger partial charge on any atom is -0.342 e. The fourth-order valence-corrected chi connectivity index (χ4v) is 2.24. The normalized spacial score (nSPS) is 11.7. The molecule has 2 aromatic carbocycles. The third kappa shape index (κ3) is 5.32. The van der Waals surface area contributed by atoms with E-state index in [0.717, 1.165) is 11.6 Å². The number of benzene rings is 2. The Hall–Kier alpha value is -2.87. The van der Waals surface area contributed by atoms with Gasteiger partial charge < -0.3 is 16.0 Å². The van der Waals surface area contributed by atoms with Gasteiger partial charge in [0.05, 0.1) is 12.2 Å². The first-order chi connectivity index (χ1) is 12.4. The molecule has 0 aliphatic heterocycles. The maximum absolute atomic E-state index is 13.5. The second-order valence-corrected chi connectivity index (χ2v) is 5.69. The van der Waals surface area contributed by atoms with Gasteiger partial charge in [-0.25, -0.2) is 13.2 Å². The van der Waals surface area contributed by atoms with Crippen molar-refractivity contribution in [3.63, 3.8) is 0 Å². The van der Waals surface area contributed by atoms with E-state index in [-0.39, 0.29) is 18.5 Å². The van der Waals surface area contributed by atoms with Crippen molar-refractivity contribution in [3.8, 4) is 0 Å². The minimum atomic E-state index is -1.67. The topological polar surface area (TPSA) is 74.8 Å². The van der Waals surface area contributed by atoms with Crippen LogP contribution in [-0.4, -0.2) is 24.9 Å². The van der Waals surface area contributed by atoms with E-state index in [9.17, 15) is 22.8 Å². The molecule has 4 N–H and O–H groups in total. The maximum atomic E-state index is 13.5. The van der Waals surface area contributed by atoms with Gasteiger partial charge in [-0.1, -0.05) is 30.3 Å². The minimum absolute atomic E-state index is 0.0621. The van der Waals surface area contributed by atoms with Gasteiger partial charge in [0.25, 0.3) is 5.91 Å². The van der Waals surface area contributed by atoms with Gasteiger partial charge in [0, 0.05) is 5.56 Å². The summed E-state index contributed by atoms with van der Waals surface area (Å²) >= 11 is 0. The number of quaternary nitrogens is 1. The Labute approximate surface area is 148 Å². The predicted molar refractivity (Wildman–Crippen MR) is 89.6 cm³/mol. The number of halogens is 3. The van der Waals surface area contributed by atoms with E-state index in [2.05, 4.69) is 10.6 Å². The molecule has 8 heteroatoms. The number of nitrogens with one attached hydrogen (secondary N) is 2. The first-order valence-corrected chi connectivity index (χ1v) is 7.96. The van der Waals surface area contributed by atoms with Gasteiger partial charge in [0.2, 0.25) is 5.91 Å². The number of carbonyl (C=O) groups excluding carboxylic acids is 2. The van der Waals surface area contributed by atoms with Gasteiger partial charge in [-0.2, -0.15) is 0 Å². The predicted octanol–water partition coefficient (Wildman–Crippen LogP) is 1.48. The second kappa shape index (κ2) is 9.00. The molecule has 2 rings (SSSR count). The van der Waals surface area contributed by atoms with Crippen molar-refractivity contribution in [2.45, 2.75) is 13.0 Å². The highest BCUT2D eigenvalue weighted by Crippen LogP contribution is 2.19. The van der Waals surface area contributed by atoms with Crippen LogP contribution in [0.5, 0.6) is 0 Å². The first kappa shape index (κ1) is 19.5. The number of nitrogens with two attached hydrogens (primary N) is 1. The second-order valence-electron chi connectivity index (χ2n) is 5.69. The molecule has 0 heterocycles. The highest BCUT2D eigenvalue weighted by atomic mass is 19.2. The zero-order valence-corrected chi connectivity index (χ0v) is 14.1. The Morgan fingerprint density at radius 2 is 1.69 bits per heavy atom. The maximum Gasteiger partial charge on any atom is 0.275 e. The zero-order valence-electron chi connectivity index (χ0n) is 14.1. The monoisotopic (exact) mass is 366 g/mol. The van der Waals surface area contributed by atoms with Crippen LogP contribution in [0.15, 0.2) is 42.5 Å². The van der Waals surface area contributed by atoms with Crippen molar-refractivity contribution >= 4 is 17.5 Å². The number of anilines is 1. The molecule has 2 amide bonds. The van der Waals surface area contributed by atoms with Gasteiger partial charge >= 0.3 is 0 Å². The molecule has 2 aromatic rings. The summed E-state index contributed by atoms with van der Waals surface area (Å²) in [7, 11) is 0. The standard InChI is InChI=1S/C18H18F3N3O2/c1-11(12-5-3-2-4-6-12)22-9-15(25)23-10-16(26)24-14-8-7-13(19)17(20)18(14)21/h2-8,11,22H,9-10H2,1H3,(H,23,25)(H,24,26)/p+1/t11-/m1/s1. The molecule has 0 aromatic heterocycles. The molecule has 0 aliphatic rings. The molecule has 26 heavy (non-hydrogen) atoms. The van der Waals surface area contributed by atoms with Gasteiger partial charge in [0.15, 0.2) is 24.0 Å². The molecular weight excluding hydrogens is 347 g/mol. The summed E-state index contributed by atoms with van der Waals surface area (Å²) in [5.74, 6) is -5.64. The smallest absolute Gasteiger partial charge is 0.275 e. The van der Waals surface area contributed by atoms with Crippen molar-refractivity contribution in [2.75, 3.05) is 18.4 Å². The van der Waals surface area contributed by atoms with Crippen molar-refractivity contribution in [1.29, 1.82) is 0 Å². The van der Waals surface area contributed by atoms with Gasteiger partial charge in [-0.3, -0.25) is 9.59 Å². The summed E-state index contributed by atoms with van der Waals surface area (Å²) in [5.41, 5.74) is 0.569. The molecule has 1 atom stereocenters. The fraction of sp³-hybridized carbons (Fsp3) is 0.222. The van der Waals surface area contributed by atoms with Crippen molar-refractivity contribution < 1.29 is 28.1 Å². The lowest BCUT2D eigenvalue weighted by molar-refractivity contribution is -0.682. The summed E-state index contributed by atoms with van der Waals surface area (Å²) in [6.45, 7) is 1.63. The molecule has 5 nitrogen and oxygen atoms in total. The summed E-state index contributed by atoms with van der Waals surface area (Å²) < 4.78 is 39.4. The molecule has 0 aliphatic carbocycles. The van der Waals surface area contributed by atoms with Gasteiger partial charge in [-0.15, -0.1) is 0 Å². The van der Waals surface area contributed by atoms with Gasteiger partial charge in [-0.05, 0) is 19.1 Å². The third-order valence-corrected chi connectivity index (χ3v) is 3.74. The van der Waals surface area contributed by atoms with Crippen LogP contribution in [0.3, 0.4) is 0 Å². The zero-order chi connectivity index (χ0) is 19.1. The van der Waals surface area contributed by atoms with E-state index in [1.54, 1.807) is 5.32 Å². The van der Waals surface area contributed by atoms with E-state index in [1.165, 1.54) is 0 Å². The van der Waals surface area contributed by atoms with Crippen LogP contribution in [-0.2, 0) is 9.59 Å². The number of rotatable bonds is 7. The fourth-order valence-electron chi connectivity index (χ4n) is 2.24. The molecule has 0 spiro atoms. The molecule has 0 saturated carbocycles. The molecule has 0 bridgehead atoms. The molecule has 0 fully saturated rings. The third-order valence-electron chi connectivity index (χ3n) is 3.74. The Kier molecular flexibility index (Phi) is 6.74. The lowest BCUT2D eigenvalue weighted by Crippen LogP contribution is -2.87. The average molecular weight is 366 g/mol. The number of carbonyl (C=O) groups is 2. The van der Waals surface area contributed by atoms with Crippen molar-refractivity contribution in [1.82, 2.24) is 5.32 Å². The van der Waals surface area contributed by atoms with Gasteiger partial charge in [0.1, 0.15) is 6.04 Å². The largest absolute Gasteiger partial charge is 0.342 e. The van der Waals surface area contributed by atoms with E-state index < -0.39 is 35.6 Å². The quantitative estimate of drug-likeness (QED) is 0.650. The Bertz CT molecular complexity index is 785. The van der Waals surface area contributed by atoms with E-state index >= 15 is 0 Å². The summed E-state index contributed by atoms with van der Waals surface area (Å²) in [6, 6.07) is 11.3. The highest BCUT2D eigenvalue weighted by molar-refractivity contribution is 5.94. The van der Waals surface area contributed by atoms with Crippen LogP contribution in [0, 0.1) is 17.5 Å². The first-order valence-electron chi connectivity index (χ1n) is 7.96. The Morgan fingerprint density at radius 3 is 2.38 bits per heavy atom. The Morgan fingerprint density at radius 1 is 1.00 bits per heavy atom. The van der Waals surface area contributed by atoms with Crippen LogP contribution in [0.25, 0.3) is 0 Å². The summed E-state index contributed by atoms with van der Waals surface area (Å²) in [6.07, 6.45) is 0. The average Bonchev–Trinajstić information content (AvgIpc) is 2.65. The summed E-state index contributed by atoms with van der Waals surface area (Å²) in [4.78, 5) is 23.5. The van der Waals surface area contributed by atoms with E-state index in [4.69, 9.17) is 0 Å². The van der Waals surface area contributed by atoms with Crippen molar-refractivity contribution in [3.05, 3.63) is 65.5 Å². The van der Waals surface area contributed by atoms with Crippen LogP contribution in [0.2, 0.25) is 0 Å². The molecule has 138 valence electrons. The van der Waals surface area contributed by atoms with Crippen LogP contribution in [0.1, 0.15) is 18.5 Å². The number of amides is 2. The molecule has 0 unspecified atom stereocenters. The number of hydrogen-bond donors (Lipinski definition) is 3. The SMILES string of the molecule is C[C@@H]([NH2+]CC(=O)NCC(=O)Nc1ccc(F)c(F)c1F)c1ccccc1.